The minimum Gasteiger partial charge on any atom is -0.496 e. The number of hydrogen-bond acceptors (Lipinski definition) is 6. The number of esters is 1. The van der Waals surface area contributed by atoms with Gasteiger partial charge in [-0.1, -0.05) is 68.9 Å². The SMILES string of the molecule is CCCC1=C(C(=O)OCC)C(c2ccc(OC)c(Br)c2)n2c(s/c(=C\c3ccc(C(C)C)cc3)c2=O)=N1. The average molecular weight is 584 g/mol. The van der Waals surface area contributed by atoms with Crippen LogP contribution in [0.25, 0.3) is 6.08 Å². The first-order chi connectivity index (χ1) is 17.8. The zero-order valence-corrected chi connectivity index (χ0v) is 24.1. The average Bonchev–Trinajstić information content (AvgIpc) is 3.18. The highest BCUT2D eigenvalue weighted by Crippen LogP contribution is 2.36. The molecule has 0 fully saturated rings. The molecule has 2 heterocycles. The van der Waals surface area contributed by atoms with Crippen LogP contribution in [0.15, 0.2) is 68.0 Å². The van der Waals surface area contributed by atoms with Gasteiger partial charge in [-0.05, 0) is 70.1 Å². The van der Waals surface area contributed by atoms with E-state index in [2.05, 4.69) is 41.9 Å². The molecule has 0 saturated heterocycles. The van der Waals surface area contributed by atoms with Gasteiger partial charge in [0, 0.05) is 0 Å². The molecule has 1 aromatic heterocycles. The highest BCUT2D eigenvalue weighted by molar-refractivity contribution is 9.10. The number of fused-ring (bicyclic) bond motifs is 1. The van der Waals surface area contributed by atoms with Crippen LogP contribution in [-0.2, 0) is 9.53 Å². The molecule has 37 heavy (non-hydrogen) atoms. The monoisotopic (exact) mass is 582 g/mol. The second-order valence-electron chi connectivity index (χ2n) is 9.13. The summed E-state index contributed by atoms with van der Waals surface area (Å²) in [5.41, 5.74) is 3.83. The van der Waals surface area contributed by atoms with Crippen LogP contribution in [0, 0.1) is 0 Å². The lowest BCUT2D eigenvalue weighted by Gasteiger charge is -2.26. The zero-order valence-electron chi connectivity index (χ0n) is 21.7. The first-order valence-corrected chi connectivity index (χ1v) is 14.0. The molecular weight excluding hydrogens is 552 g/mol. The number of hydrogen-bond donors (Lipinski definition) is 0. The minimum atomic E-state index is -0.662. The van der Waals surface area contributed by atoms with Gasteiger partial charge in [-0.3, -0.25) is 9.36 Å². The number of rotatable bonds is 8. The zero-order chi connectivity index (χ0) is 26.7. The van der Waals surface area contributed by atoms with Gasteiger partial charge in [0.1, 0.15) is 5.75 Å². The third-order valence-corrected chi connectivity index (χ3v) is 7.89. The quantitative estimate of drug-likeness (QED) is 0.330. The molecule has 1 atom stereocenters. The molecule has 8 heteroatoms. The van der Waals surface area contributed by atoms with Crippen LogP contribution in [0.4, 0.5) is 0 Å². The number of benzene rings is 2. The Labute approximate surface area is 229 Å². The second kappa shape index (κ2) is 11.6. The standard InChI is InChI=1S/C29H31BrN2O4S/c1-6-8-22-25(28(34)36-7-2)26(20-13-14-23(35-5)21(30)16-20)32-27(33)24(37-29(32)31-22)15-18-9-11-19(12-10-18)17(3)4/h9-17,26H,6-8H2,1-5H3/b24-15-. The summed E-state index contributed by atoms with van der Waals surface area (Å²) in [6, 6.07) is 13.2. The summed E-state index contributed by atoms with van der Waals surface area (Å²) in [5.74, 6) is 0.642. The van der Waals surface area contributed by atoms with Gasteiger partial charge >= 0.3 is 5.97 Å². The largest absolute Gasteiger partial charge is 0.496 e. The number of nitrogens with zero attached hydrogens (tertiary/aromatic N) is 2. The molecule has 0 radical (unpaired) electrons. The molecule has 0 aliphatic carbocycles. The fourth-order valence-corrected chi connectivity index (χ4v) is 6.00. The van der Waals surface area contributed by atoms with Crippen LogP contribution < -0.4 is 19.6 Å². The van der Waals surface area contributed by atoms with E-state index < -0.39 is 12.0 Å². The van der Waals surface area contributed by atoms with Crippen molar-refractivity contribution >= 4 is 39.3 Å². The van der Waals surface area contributed by atoms with Crippen LogP contribution in [0.2, 0.25) is 0 Å². The van der Waals surface area contributed by atoms with Crippen LogP contribution in [0.3, 0.4) is 0 Å². The molecule has 4 rings (SSSR count). The number of thiazole rings is 1. The molecule has 0 amide bonds. The van der Waals surface area contributed by atoms with Crippen molar-refractivity contribution in [3.63, 3.8) is 0 Å². The summed E-state index contributed by atoms with van der Waals surface area (Å²) in [4.78, 5) is 32.5. The lowest BCUT2D eigenvalue weighted by atomic mass is 9.94. The van der Waals surface area contributed by atoms with Crippen molar-refractivity contribution in [3.8, 4) is 5.75 Å². The van der Waals surface area contributed by atoms with E-state index in [0.717, 1.165) is 22.0 Å². The van der Waals surface area contributed by atoms with Gasteiger partial charge in [-0.2, -0.15) is 0 Å². The van der Waals surface area contributed by atoms with Gasteiger partial charge in [0.2, 0.25) is 0 Å². The third-order valence-electron chi connectivity index (χ3n) is 6.28. The summed E-state index contributed by atoms with van der Waals surface area (Å²) in [5, 5.41) is 0. The highest BCUT2D eigenvalue weighted by atomic mass is 79.9. The number of methoxy groups -OCH3 is 1. The first kappa shape index (κ1) is 27.1. The fraction of sp³-hybridized carbons (Fsp3) is 0.345. The maximum Gasteiger partial charge on any atom is 0.338 e. The summed E-state index contributed by atoms with van der Waals surface area (Å²) in [6.07, 6.45) is 3.30. The predicted octanol–water partition coefficient (Wildman–Crippen LogP) is 5.47. The normalized spacial score (nSPS) is 15.5. The molecule has 0 spiro atoms. The summed E-state index contributed by atoms with van der Waals surface area (Å²) < 4.78 is 13.8. The number of aromatic nitrogens is 1. The topological polar surface area (TPSA) is 69.9 Å². The smallest absolute Gasteiger partial charge is 0.338 e. The third kappa shape index (κ3) is 5.50. The van der Waals surface area contributed by atoms with E-state index in [1.807, 2.05) is 43.3 Å². The van der Waals surface area contributed by atoms with Crippen LogP contribution in [0.1, 0.15) is 69.2 Å². The molecule has 6 nitrogen and oxygen atoms in total. The Morgan fingerprint density at radius 3 is 2.51 bits per heavy atom. The molecule has 1 aliphatic heterocycles. The Balaban J connectivity index is 1.96. The van der Waals surface area contributed by atoms with Gasteiger partial charge in [0.05, 0.1) is 40.0 Å². The Morgan fingerprint density at radius 2 is 1.92 bits per heavy atom. The van der Waals surface area contributed by atoms with Gasteiger partial charge < -0.3 is 9.47 Å². The summed E-state index contributed by atoms with van der Waals surface area (Å²) in [6.45, 7) is 8.36. The molecule has 2 aromatic carbocycles. The highest BCUT2D eigenvalue weighted by Gasteiger charge is 2.34. The van der Waals surface area contributed by atoms with Crippen molar-refractivity contribution in [2.75, 3.05) is 13.7 Å². The molecule has 1 aliphatic rings. The molecule has 1 unspecified atom stereocenters. The Bertz CT molecular complexity index is 1520. The van der Waals surface area contributed by atoms with E-state index in [-0.39, 0.29) is 12.2 Å². The molecule has 0 N–H and O–H groups in total. The van der Waals surface area contributed by atoms with Crippen molar-refractivity contribution in [2.45, 2.75) is 52.5 Å². The van der Waals surface area contributed by atoms with E-state index in [1.165, 1.54) is 16.9 Å². The number of halogens is 1. The van der Waals surface area contributed by atoms with Crippen LogP contribution in [-0.4, -0.2) is 24.3 Å². The lowest BCUT2D eigenvalue weighted by Crippen LogP contribution is -2.40. The predicted molar refractivity (Wildman–Crippen MR) is 151 cm³/mol. The van der Waals surface area contributed by atoms with Crippen molar-refractivity contribution in [1.29, 1.82) is 0 Å². The fourth-order valence-electron chi connectivity index (χ4n) is 4.42. The van der Waals surface area contributed by atoms with Crippen molar-refractivity contribution in [3.05, 3.63) is 94.6 Å². The molecule has 0 saturated carbocycles. The first-order valence-electron chi connectivity index (χ1n) is 12.4. The summed E-state index contributed by atoms with van der Waals surface area (Å²) >= 11 is 4.90. The lowest BCUT2D eigenvalue weighted by molar-refractivity contribution is -0.139. The van der Waals surface area contributed by atoms with Crippen molar-refractivity contribution in [1.82, 2.24) is 4.57 Å². The summed E-state index contributed by atoms with van der Waals surface area (Å²) in [7, 11) is 1.60. The maximum absolute atomic E-state index is 13.8. The van der Waals surface area contributed by atoms with Crippen LogP contribution in [0.5, 0.6) is 5.75 Å². The van der Waals surface area contributed by atoms with E-state index in [1.54, 1.807) is 18.6 Å². The van der Waals surface area contributed by atoms with E-state index in [4.69, 9.17) is 14.5 Å². The minimum absolute atomic E-state index is 0.189. The van der Waals surface area contributed by atoms with Gasteiger partial charge in [-0.15, -0.1) is 0 Å². The Kier molecular flexibility index (Phi) is 8.49. The van der Waals surface area contributed by atoms with Gasteiger partial charge in [0.25, 0.3) is 5.56 Å². The number of carbonyl (C=O) groups is 1. The van der Waals surface area contributed by atoms with Crippen LogP contribution >= 0.6 is 27.3 Å². The molecular formula is C29H31BrN2O4S. The van der Waals surface area contributed by atoms with Crippen molar-refractivity contribution in [2.24, 2.45) is 4.99 Å². The van der Waals surface area contributed by atoms with Gasteiger partial charge in [-0.25, -0.2) is 9.79 Å². The van der Waals surface area contributed by atoms with Crippen molar-refractivity contribution < 1.29 is 14.3 Å². The Hall–Kier alpha value is -2.97. The Morgan fingerprint density at radius 1 is 1.19 bits per heavy atom. The number of allylic oxidation sites excluding steroid dienone is 1. The van der Waals surface area contributed by atoms with E-state index in [9.17, 15) is 9.59 Å². The second-order valence-corrected chi connectivity index (χ2v) is 11.0. The van der Waals surface area contributed by atoms with Gasteiger partial charge in [0.15, 0.2) is 4.80 Å². The maximum atomic E-state index is 13.8. The van der Waals surface area contributed by atoms with E-state index >= 15 is 0 Å². The number of ether oxygens (including phenoxy) is 2. The molecule has 3 aromatic rings. The van der Waals surface area contributed by atoms with E-state index in [0.29, 0.717) is 38.7 Å². The molecule has 194 valence electrons. The number of carbonyl (C=O) groups excluding carboxylic acids is 1. The molecule has 0 bridgehead atoms.